The number of benzene rings is 1. The van der Waals surface area contributed by atoms with Crippen LogP contribution in [0, 0.1) is 0 Å². The van der Waals surface area contributed by atoms with Gasteiger partial charge in [-0.2, -0.15) is 0 Å². The van der Waals surface area contributed by atoms with Gasteiger partial charge in [-0.15, -0.1) is 5.06 Å². The maximum absolute atomic E-state index is 12.0. The molecule has 27 heavy (non-hydrogen) atoms. The van der Waals surface area contributed by atoms with E-state index in [1.807, 2.05) is 0 Å². The van der Waals surface area contributed by atoms with Gasteiger partial charge < -0.3 is 14.1 Å². The molecule has 142 valence electrons. The van der Waals surface area contributed by atoms with Gasteiger partial charge in [-0.1, -0.05) is 19.8 Å². The van der Waals surface area contributed by atoms with Crippen LogP contribution in [0.25, 0.3) is 0 Å². The van der Waals surface area contributed by atoms with Crippen LogP contribution < -0.4 is 34.3 Å². The van der Waals surface area contributed by atoms with Gasteiger partial charge in [0.1, 0.15) is 21.1 Å². The van der Waals surface area contributed by atoms with Crippen molar-refractivity contribution in [2.45, 2.75) is 37.9 Å². The summed E-state index contributed by atoms with van der Waals surface area (Å²) in [5, 5.41) is -2.04. The van der Waals surface area contributed by atoms with Crippen molar-refractivity contribution in [3.8, 4) is 5.75 Å². The van der Waals surface area contributed by atoms with Crippen molar-refractivity contribution in [2.75, 3.05) is 6.61 Å². The topological polar surface area (TPSA) is 130 Å². The van der Waals surface area contributed by atoms with E-state index < -0.39 is 39.6 Å². The van der Waals surface area contributed by atoms with E-state index in [1.165, 1.54) is 24.3 Å². The summed E-state index contributed by atoms with van der Waals surface area (Å²) in [6, 6.07) is 5.82. The van der Waals surface area contributed by atoms with Crippen molar-refractivity contribution in [1.82, 2.24) is 5.06 Å². The monoisotopic (exact) mass is 407 g/mol. The van der Waals surface area contributed by atoms with Gasteiger partial charge in [-0.05, 0) is 30.7 Å². The molecular formula is C16H18NNaO8S. The molecule has 1 aromatic carbocycles. The summed E-state index contributed by atoms with van der Waals surface area (Å²) in [5.74, 6) is -2.92. The first-order valence-electron chi connectivity index (χ1n) is 8.00. The van der Waals surface area contributed by atoms with Crippen molar-refractivity contribution in [3.05, 3.63) is 29.8 Å². The summed E-state index contributed by atoms with van der Waals surface area (Å²) in [7, 11) is -5.01. The molecule has 1 aromatic rings. The molecule has 1 saturated heterocycles. The molecule has 1 heterocycles. The van der Waals surface area contributed by atoms with Crippen molar-refractivity contribution < 1.29 is 66.5 Å². The zero-order valence-electron chi connectivity index (χ0n) is 15.0. The van der Waals surface area contributed by atoms with Crippen molar-refractivity contribution >= 4 is 27.9 Å². The number of ether oxygens (including phenoxy) is 1. The van der Waals surface area contributed by atoms with Crippen LogP contribution in [-0.2, 0) is 24.5 Å². The third-order valence-electron chi connectivity index (χ3n) is 3.69. The van der Waals surface area contributed by atoms with Crippen LogP contribution in [0.4, 0.5) is 0 Å². The number of carbonyl (C=O) groups is 3. The molecule has 0 N–H and O–H groups in total. The molecule has 0 aliphatic carbocycles. The first-order chi connectivity index (χ1) is 12.2. The average Bonchev–Trinajstić information content (AvgIpc) is 2.87. The van der Waals surface area contributed by atoms with Crippen LogP contribution in [0.1, 0.15) is 43.0 Å². The second-order valence-electron chi connectivity index (χ2n) is 5.67. The summed E-state index contributed by atoms with van der Waals surface area (Å²) in [6.45, 7) is 2.62. The molecule has 1 fully saturated rings. The molecule has 1 atom stereocenters. The molecule has 1 unspecified atom stereocenters. The minimum absolute atomic E-state index is 0. The van der Waals surface area contributed by atoms with Crippen LogP contribution in [0.15, 0.2) is 24.3 Å². The fourth-order valence-electron chi connectivity index (χ4n) is 2.27. The number of hydrogen-bond acceptors (Lipinski definition) is 8. The smallest absolute Gasteiger partial charge is 0.747 e. The Labute approximate surface area is 179 Å². The second-order valence-corrected chi connectivity index (χ2v) is 7.23. The number of amides is 2. The minimum atomic E-state index is -5.01. The van der Waals surface area contributed by atoms with Crippen LogP contribution in [0.2, 0.25) is 0 Å². The normalized spacial score (nSPS) is 16.8. The molecule has 9 nitrogen and oxygen atoms in total. The van der Waals surface area contributed by atoms with E-state index in [2.05, 4.69) is 11.8 Å². The van der Waals surface area contributed by atoms with Crippen LogP contribution in [0.5, 0.6) is 5.75 Å². The Morgan fingerprint density at radius 2 is 1.85 bits per heavy atom. The fraction of sp³-hybridized carbons (Fsp3) is 0.438. The molecule has 0 saturated carbocycles. The summed E-state index contributed by atoms with van der Waals surface area (Å²) in [4.78, 5) is 40.1. The number of hydrogen-bond donors (Lipinski definition) is 0. The van der Waals surface area contributed by atoms with E-state index >= 15 is 0 Å². The second kappa shape index (κ2) is 10.2. The molecule has 0 spiro atoms. The molecule has 2 amide bonds. The number of hydroxylamine groups is 2. The van der Waals surface area contributed by atoms with Crippen molar-refractivity contribution in [1.29, 1.82) is 0 Å². The Kier molecular flexibility index (Phi) is 8.89. The van der Waals surface area contributed by atoms with Crippen molar-refractivity contribution in [2.24, 2.45) is 0 Å². The molecular weight excluding hydrogens is 389 g/mol. The molecule has 0 radical (unpaired) electrons. The van der Waals surface area contributed by atoms with Gasteiger partial charge in [-0.25, -0.2) is 13.2 Å². The number of nitrogens with zero attached hydrogens (tertiary/aromatic N) is 1. The predicted molar refractivity (Wildman–Crippen MR) is 86.8 cm³/mol. The van der Waals surface area contributed by atoms with E-state index in [4.69, 9.17) is 4.74 Å². The van der Waals surface area contributed by atoms with E-state index in [0.29, 0.717) is 12.4 Å². The molecule has 0 bridgehead atoms. The van der Waals surface area contributed by atoms with Crippen LogP contribution >= 0.6 is 0 Å². The number of rotatable bonds is 8. The average molecular weight is 407 g/mol. The van der Waals surface area contributed by atoms with E-state index in [9.17, 15) is 27.4 Å². The van der Waals surface area contributed by atoms with Gasteiger partial charge in [0.2, 0.25) is 0 Å². The molecule has 11 heteroatoms. The Morgan fingerprint density at radius 1 is 1.22 bits per heavy atom. The summed E-state index contributed by atoms with van der Waals surface area (Å²) >= 11 is 0. The first kappa shape index (κ1) is 23.6. The SMILES string of the molecule is CCCCCOc1ccc(C(=O)ON2C(=O)CC(S(=O)(=O)[O-])C2=O)cc1.[Na+]. The fourth-order valence-corrected chi connectivity index (χ4v) is 2.96. The third kappa shape index (κ3) is 6.28. The molecule has 1 aliphatic rings. The van der Waals surface area contributed by atoms with Gasteiger partial charge >= 0.3 is 35.5 Å². The summed E-state index contributed by atoms with van der Waals surface area (Å²) in [5.41, 5.74) is 0.0277. The Hall–Kier alpha value is -1.46. The molecule has 0 aromatic heterocycles. The third-order valence-corrected chi connectivity index (χ3v) is 4.76. The Balaban J connectivity index is 0.00000364. The summed E-state index contributed by atoms with van der Waals surface area (Å²) < 4.78 is 38.3. The van der Waals surface area contributed by atoms with E-state index in [-0.39, 0.29) is 40.2 Å². The zero-order chi connectivity index (χ0) is 19.3. The zero-order valence-corrected chi connectivity index (χ0v) is 17.9. The Bertz CT molecular complexity index is 793. The van der Waals surface area contributed by atoms with Gasteiger partial charge in [0, 0.05) is 0 Å². The quantitative estimate of drug-likeness (QED) is 0.209. The van der Waals surface area contributed by atoms with E-state index in [1.54, 1.807) is 0 Å². The van der Waals surface area contributed by atoms with Gasteiger partial charge in [0.25, 0.3) is 11.8 Å². The number of imide groups is 1. The largest absolute Gasteiger partial charge is 1.00 e. The standard InChI is InChI=1S/C16H19NO8S.Na/c1-2-3-4-9-24-12-7-5-11(6-8-12)16(20)25-17-14(18)10-13(15(17)19)26(21,22)23;/h5-8,13H,2-4,9-10H2,1H3,(H,21,22,23);/q;+1/p-1. The van der Waals surface area contributed by atoms with E-state index in [0.717, 1.165) is 19.3 Å². The predicted octanol–water partition coefficient (Wildman–Crippen LogP) is -2.00. The Morgan fingerprint density at radius 3 is 2.37 bits per heavy atom. The van der Waals surface area contributed by atoms with Gasteiger partial charge in [0.05, 0.1) is 18.6 Å². The van der Waals surface area contributed by atoms with Gasteiger partial charge in [0.15, 0.2) is 0 Å². The first-order valence-corrected chi connectivity index (χ1v) is 9.48. The van der Waals surface area contributed by atoms with Gasteiger partial charge in [-0.3, -0.25) is 9.59 Å². The number of unbranched alkanes of at least 4 members (excludes halogenated alkanes) is 2. The number of carbonyl (C=O) groups excluding carboxylic acids is 3. The maximum atomic E-state index is 12.0. The summed E-state index contributed by atoms with van der Waals surface area (Å²) in [6.07, 6.45) is 2.17. The van der Waals surface area contributed by atoms with Crippen molar-refractivity contribution in [3.63, 3.8) is 0 Å². The minimum Gasteiger partial charge on any atom is -0.747 e. The molecule has 1 aliphatic heterocycles. The maximum Gasteiger partial charge on any atom is 1.00 e. The molecule has 2 rings (SSSR count). The van der Waals surface area contributed by atoms with Crippen LogP contribution in [-0.4, -0.2) is 47.7 Å². The van der Waals surface area contributed by atoms with Crippen LogP contribution in [0.3, 0.4) is 0 Å².